The molecule has 1 aromatic rings. The van der Waals surface area contributed by atoms with E-state index in [4.69, 9.17) is 0 Å². The largest absolute Gasteiger partial charge is 0.434 e. The summed E-state index contributed by atoms with van der Waals surface area (Å²) in [7, 11) is 0. The number of nitrogens with one attached hydrogen (secondary N) is 2. The average molecular weight is 427 g/mol. The lowest BCUT2D eigenvalue weighted by molar-refractivity contribution is -0.141. The van der Waals surface area contributed by atoms with Gasteiger partial charge in [-0.3, -0.25) is 9.69 Å². The number of carbonyl (C=O) groups excluding carboxylic acids is 1. The Bertz CT molecular complexity index is 634. The van der Waals surface area contributed by atoms with Crippen molar-refractivity contribution in [3.8, 4) is 0 Å². The van der Waals surface area contributed by atoms with E-state index in [1.165, 1.54) is 0 Å². The number of thiazole rings is 1. The molecule has 154 valence electrons. The molecule has 10 heteroatoms. The Kier molecular flexibility index (Phi) is 7.91. The van der Waals surface area contributed by atoms with E-state index in [-0.39, 0.29) is 41.7 Å². The molecule has 0 aliphatic carbocycles. The highest BCUT2D eigenvalue weighted by Crippen LogP contribution is 2.35. The van der Waals surface area contributed by atoms with Crippen LogP contribution in [0.15, 0.2) is 0 Å². The number of rotatable bonds is 5. The van der Waals surface area contributed by atoms with E-state index in [0.29, 0.717) is 18.1 Å². The van der Waals surface area contributed by atoms with Gasteiger partial charge >= 0.3 is 6.18 Å². The predicted octanol–water partition coefficient (Wildman–Crippen LogP) is 2.97. The number of aromatic nitrogens is 1. The Morgan fingerprint density at radius 3 is 2.81 bits per heavy atom. The van der Waals surface area contributed by atoms with E-state index in [2.05, 4.69) is 20.5 Å². The minimum atomic E-state index is -4.41. The molecule has 1 aromatic heterocycles. The molecule has 27 heavy (non-hydrogen) atoms. The molecule has 0 saturated carbocycles. The van der Waals surface area contributed by atoms with Gasteiger partial charge in [0.2, 0.25) is 5.91 Å². The van der Waals surface area contributed by atoms with Gasteiger partial charge in [0.05, 0.1) is 15.9 Å². The van der Waals surface area contributed by atoms with Crippen LogP contribution in [0.2, 0.25) is 0 Å². The Balaban J connectivity index is 0.00000261. The number of nitrogens with zero attached hydrogens (tertiary/aromatic N) is 2. The number of aryl methyl sites for hydroxylation is 1. The molecule has 2 N–H and O–H groups in total. The van der Waals surface area contributed by atoms with Crippen LogP contribution in [0.4, 0.5) is 13.2 Å². The topological polar surface area (TPSA) is 57.3 Å². The Morgan fingerprint density at radius 2 is 2.15 bits per heavy atom. The zero-order valence-corrected chi connectivity index (χ0v) is 16.9. The molecule has 3 heterocycles. The lowest BCUT2D eigenvalue weighted by Crippen LogP contribution is -2.45. The van der Waals surface area contributed by atoms with Gasteiger partial charge in [0.1, 0.15) is 0 Å². The van der Waals surface area contributed by atoms with Gasteiger partial charge in [-0.15, -0.1) is 23.7 Å². The van der Waals surface area contributed by atoms with E-state index in [0.717, 1.165) is 50.1 Å². The fraction of sp³-hybridized carbons (Fsp3) is 0.765. The first-order valence-corrected chi connectivity index (χ1v) is 9.91. The maximum atomic E-state index is 13.1. The van der Waals surface area contributed by atoms with Gasteiger partial charge in [0.15, 0.2) is 5.69 Å². The van der Waals surface area contributed by atoms with Crippen molar-refractivity contribution in [3.05, 3.63) is 15.6 Å². The summed E-state index contributed by atoms with van der Waals surface area (Å²) in [6.45, 7) is 4.83. The second-order valence-corrected chi connectivity index (χ2v) is 8.43. The van der Waals surface area contributed by atoms with E-state index in [9.17, 15) is 18.0 Å². The number of alkyl halides is 3. The number of hydrogen-bond donors (Lipinski definition) is 2. The van der Waals surface area contributed by atoms with Crippen molar-refractivity contribution in [2.75, 3.05) is 26.2 Å². The van der Waals surface area contributed by atoms with Crippen LogP contribution in [0.3, 0.4) is 0 Å². The van der Waals surface area contributed by atoms with Crippen molar-refractivity contribution in [1.29, 1.82) is 0 Å². The fourth-order valence-corrected chi connectivity index (χ4v) is 4.74. The van der Waals surface area contributed by atoms with Gasteiger partial charge in [0, 0.05) is 19.6 Å². The molecule has 2 unspecified atom stereocenters. The highest BCUT2D eigenvalue weighted by molar-refractivity contribution is 7.11. The van der Waals surface area contributed by atoms with Gasteiger partial charge < -0.3 is 10.6 Å². The standard InChI is InChI=1S/C17H25F3N4OS.ClH/c1-11-23-15(17(18,19)20)14(26-11)10-24-7-3-4-12(9-24)8-22-16(25)13-5-2-6-21-13;/h12-13,21H,2-10H2,1H3,(H,22,25);1H. The summed E-state index contributed by atoms with van der Waals surface area (Å²) < 4.78 is 39.4. The molecule has 3 rings (SSSR count). The van der Waals surface area contributed by atoms with Crippen molar-refractivity contribution in [3.63, 3.8) is 0 Å². The predicted molar refractivity (Wildman–Crippen MR) is 101 cm³/mol. The highest BCUT2D eigenvalue weighted by atomic mass is 35.5. The third kappa shape index (κ3) is 6.04. The van der Waals surface area contributed by atoms with Gasteiger partial charge in [-0.1, -0.05) is 0 Å². The Hall–Kier alpha value is -0.900. The number of likely N-dealkylation sites (tertiary alicyclic amines) is 1. The Labute approximate surface area is 167 Å². The summed E-state index contributed by atoms with van der Waals surface area (Å²) in [6.07, 6.45) is -0.597. The summed E-state index contributed by atoms with van der Waals surface area (Å²) in [5, 5.41) is 6.62. The molecule has 1 amide bonds. The monoisotopic (exact) mass is 426 g/mol. The number of piperidine rings is 1. The third-order valence-corrected chi connectivity index (χ3v) is 5.94. The molecule has 5 nitrogen and oxygen atoms in total. The molecular formula is C17H26ClF3N4OS. The van der Waals surface area contributed by atoms with Crippen LogP contribution in [-0.2, 0) is 17.5 Å². The molecule has 2 atom stereocenters. The quantitative estimate of drug-likeness (QED) is 0.760. The van der Waals surface area contributed by atoms with E-state index >= 15 is 0 Å². The molecule has 2 aliphatic heterocycles. The number of halogens is 4. The first-order valence-electron chi connectivity index (χ1n) is 9.10. The summed E-state index contributed by atoms with van der Waals surface area (Å²) in [5.41, 5.74) is -0.747. The first kappa shape index (κ1) is 22.4. The number of carbonyl (C=O) groups is 1. The van der Waals surface area contributed by atoms with Crippen LogP contribution in [0, 0.1) is 12.8 Å². The first-order chi connectivity index (χ1) is 12.3. The van der Waals surface area contributed by atoms with E-state index < -0.39 is 11.9 Å². The molecule has 0 radical (unpaired) electrons. The lowest BCUT2D eigenvalue weighted by Gasteiger charge is -2.32. The minimum absolute atomic E-state index is 0. The molecule has 2 saturated heterocycles. The summed E-state index contributed by atoms with van der Waals surface area (Å²) in [5.74, 6) is 0.314. The van der Waals surface area contributed by atoms with Gasteiger partial charge in [-0.05, 0) is 51.6 Å². The van der Waals surface area contributed by atoms with E-state index in [1.54, 1.807) is 6.92 Å². The van der Waals surface area contributed by atoms with Crippen molar-refractivity contribution in [2.45, 2.75) is 51.4 Å². The molecule has 2 fully saturated rings. The normalized spacial score (nSPS) is 23.9. The Morgan fingerprint density at radius 1 is 1.37 bits per heavy atom. The maximum Gasteiger partial charge on any atom is 0.434 e. The zero-order chi connectivity index (χ0) is 18.7. The molecular weight excluding hydrogens is 401 g/mol. The van der Waals surface area contributed by atoms with Crippen LogP contribution in [0.25, 0.3) is 0 Å². The fourth-order valence-electron chi connectivity index (χ4n) is 3.74. The molecule has 2 aliphatic rings. The number of amides is 1. The second-order valence-electron chi connectivity index (χ2n) is 7.14. The molecule has 0 aromatic carbocycles. The second kappa shape index (κ2) is 9.54. The summed E-state index contributed by atoms with van der Waals surface area (Å²) in [6, 6.07) is -0.0933. The van der Waals surface area contributed by atoms with Gasteiger partial charge in [-0.25, -0.2) is 4.98 Å². The third-order valence-electron chi connectivity index (χ3n) is 4.98. The SMILES string of the molecule is Cc1nc(C(F)(F)F)c(CN2CCCC(CNC(=O)C3CCCN3)C2)s1.Cl. The van der Waals surface area contributed by atoms with Crippen molar-refractivity contribution in [1.82, 2.24) is 20.5 Å². The smallest absolute Gasteiger partial charge is 0.354 e. The average Bonchev–Trinajstić information content (AvgIpc) is 3.22. The lowest BCUT2D eigenvalue weighted by atomic mass is 9.97. The summed E-state index contributed by atoms with van der Waals surface area (Å²) in [4.78, 5) is 18.1. The van der Waals surface area contributed by atoms with Crippen LogP contribution in [-0.4, -0.2) is 48.0 Å². The van der Waals surface area contributed by atoms with Gasteiger partial charge in [0.25, 0.3) is 0 Å². The van der Waals surface area contributed by atoms with Crippen molar-refractivity contribution >= 4 is 29.7 Å². The summed E-state index contributed by atoms with van der Waals surface area (Å²) >= 11 is 1.12. The van der Waals surface area contributed by atoms with Gasteiger partial charge in [-0.2, -0.15) is 13.2 Å². The van der Waals surface area contributed by atoms with Crippen LogP contribution in [0.1, 0.15) is 41.3 Å². The van der Waals surface area contributed by atoms with Crippen LogP contribution >= 0.6 is 23.7 Å². The van der Waals surface area contributed by atoms with E-state index in [1.807, 2.05) is 0 Å². The molecule has 0 bridgehead atoms. The van der Waals surface area contributed by atoms with Crippen molar-refractivity contribution in [2.24, 2.45) is 5.92 Å². The van der Waals surface area contributed by atoms with Crippen molar-refractivity contribution < 1.29 is 18.0 Å². The zero-order valence-electron chi connectivity index (χ0n) is 15.3. The minimum Gasteiger partial charge on any atom is -0.354 e. The van der Waals surface area contributed by atoms with Crippen LogP contribution < -0.4 is 10.6 Å². The maximum absolute atomic E-state index is 13.1. The molecule has 0 spiro atoms. The number of hydrogen-bond acceptors (Lipinski definition) is 5. The highest BCUT2D eigenvalue weighted by Gasteiger charge is 2.37. The van der Waals surface area contributed by atoms with Crippen LogP contribution in [0.5, 0.6) is 0 Å².